The van der Waals surface area contributed by atoms with E-state index in [9.17, 15) is 14.7 Å². The Kier molecular flexibility index (Phi) is 3.70. The minimum atomic E-state index is -0.751. The molecule has 1 amide bonds. The summed E-state index contributed by atoms with van der Waals surface area (Å²) in [6, 6.07) is 3.80. The van der Waals surface area contributed by atoms with Gasteiger partial charge in [0.25, 0.3) is 5.91 Å². The van der Waals surface area contributed by atoms with Gasteiger partial charge in [-0.15, -0.1) is 0 Å². The molecule has 4 rings (SSSR count). The van der Waals surface area contributed by atoms with E-state index in [-0.39, 0.29) is 11.8 Å². The largest absolute Gasteiger partial charge is 0.481 e. The van der Waals surface area contributed by atoms with Crippen LogP contribution in [-0.2, 0) is 4.79 Å². The average Bonchev–Trinajstić information content (AvgIpc) is 3.29. The summed E-state index contributed by atoms with van der Waals surface area (Å²) in [4.78, 5) is 32.9. The summed E-state index contributed by atoms with van der Waals surface area (Å²) in [5, 5.41) is 9.67. The lowest BCUT2D eigenvalue weighted by atomic mass is 9.81. The van der Waals surface area contributed by atoms with Gasteiger partial charge >= 0.3 is 5.97 Å². The Morgan fingerprint density at radius 2 is 2.04 bits per heavy atom. The topological polar surface area (TPSA) is 73.7 Å². The number of carbonyl (C=O) groups is 2. The number of amides is 1. The van der Waals surface area contributed by atoms with Crippen LogP contribution in [0.5, 0.6) is 0 Å². The lowest BCUT2D eigenvalue weighted by Gasteiger charge is -2.23. The highest BCUT2D eigenvalue weighted by Crippen LogP contribution is 2.49. The zero-order chi connectivity index (χ0) is 16.7. The second kappa shape index (κ2) is 5.76. The van der Waals surface area contributed by atoms with E-state index in [0.717, 1.165) is 31.6 Å². The van der Waals surface area contributed by atoms with Gasteiger partial charge in [-0.2, -0.15) is 0 Å². The minimum Gasteiger partial charge on any atom is -0.481 e. The molecule has 1 aromatic rings. The van der Waals surface area contributed by atoms with Crippen LogP contribution in [0.4, 0.5) is 5.69 Å². The minimum absolute atomic E-state index is 0.0840. The van der Waals surface area contributed by atoms with E-state index in [1.807, 2.05) is 12.1 Å². The molecule has 1 saturated carbocycles. The van der Waals surface area contributed by atoms with Crippen molar-refractivity contribution in [2.45, 2.75) is 32.1 Å². The number of aliphatic carboxylic acids is 1. The van der Waals surface area contributed by atoms with Crippen LogP contribution in [0.15, 0.2) is 18.3 Å². The first-order valence-electron chi connectivity index (χ1n) is 8.84. The molecule has 0 spiro atoms. The average molecular weight is 329 g/mol. The standard InChI is InChI=1S/C18H23N3O3/c22-16(15-10-14(5-7-19-15)20-8-1-2-9-20)21-11-13-4-3-6-18(13,12-21)17(23)24/h5,7,10,13H,1-4,6,8-9,11-12H2,(H,23,24)/t13-,18+/m0/s1. The number of nitrogens with zero attached hydrogens (tertiary/aromatic N) is 3. The summed E-state index contributed by atoms with van der Waals surface area (Å²) in [5.41, 5.74) is 0.737. The van der Waals surface area contributed by atoms with Crippen molar-refractivity contribution in [1.29, 1.82) is 0 Å². The molecule has 24 heavy (non-hydrogen) atoms. The summed E-state index contributed by atoms with van der Waals surface area (Å²) in [7, 11) is 0. The molecule has 6 heteroatoms. The maximum atomic E-state index is 12.9. The third-order valence-corrected chi connectivity index (χ3v) is 6.02. The number of carboxylic acids is 1. The number of rotatable bonds is 3. The molecule has 0 radical (unpaired) electrons. The summed E-state index contributed by atoms with van der Waals surface area (Å²) < 4.78 is 0. The van der Waals surface area contributed by atoms with Crippen LogP contribution in [0.2, 0.25) is 0 Å². The molecule has 1 aliphatic carbocycles. The number of hydrogen-bond acceptors (Lipinski definition) is 4. The van der Waals surface area contributed by atoms with Gasteiger partial charge in [0.05, 0.1) is 5.41 Å². The lowest BCUT2D eigenvalue weighted by molar-refractivity contribution is -0.149. The van der Waals surface area contributed by atoms with Crippen molar-refractivity contribution in [2.24, 2.45) is 11.3 Å². The smallest absolute Gasteiger partial charge is 0.311 e. The van der Waals surface area contributed by atoms with E-state index < -0.39 is 11.4 Å². The molecular weight excluding hydrogens is 306 g/mol. The molecule has 6 nitrogen and oxygen atoms in total. The Morgan fingerprint density at radius 3 is 2.75 bits per heavy atom. The van der Waals surface area contributed by atoms with Crippen molar-refractivity contribution in [3.63, 3.8) is 0 Å². The SMILES string of the molecule is O=C(c1cc(N2CCCC2)ccn1)N1C[C@@H]2CCC[C@@]2(C(=O)O)C1. The number of anilines is 1. The number of aromatic nitrogens is 1. The predicted molar refractivity (Wildman–Crippen MR) is 89.0 cm³/mol. The molecule has 3 heterocycles. The summed E-state index contributed by atoms with van der Waals surface area (Å²) >= 11 is 0. The highest BCUT2D eigenvalue weighted by molar-refractivity contribution is 5.94. The fourth-order valence-electron chi connectivity index (χ4n) is 4.66. The van der Waals surface area contributed by atoms with Crippen LogP contribution in [0.3, 0.4) is 0 Å². The Morgan fingerprint density at radius 1 is 1.25 bits per heavy atom. The first-order chi connectivity index (χ1) is 11.6. The second-order valence-electron chi connectivity index (χ2n) is 7.33. The van der Waals surface area contributed by atoms with Crippen LogP contribution in [0, 0.1) is 11.3 Å². The van der Waals surface area contributed by atoms with Gasteiger partial charge in [0.15, 0.2) is 0 Å². The van der Waals surface area contributed by atoms with Crippen molar-refractivity contribution in [2.75, 3.05) is 31.1 Å². The summed E-state index contributed by atoms with van der Waals surface area (Å²) in [6.07, 6.45) is 6.57. The van der Waals surface area contributed by atoms with Crippen molar-refractivity contribution in [3.05, 3.63) is 24.0 Å². The van der Waals surface area contributed by atoms with Gasteiger partial charge in [0.1, 0.15) is 5.69 Å². The van der Waals surface area contributed by atoms with E-state index in [1.165, 1.54) is 12.8 Å². The third kappa shape index (κ3) is 2.36. The Bertz CT molecular complexity index is 671. The van der Waals surface area contributed by atoms with Gasteiger partial charge < -0.3 is 14.9 Å². The number of fused-ring (bicyclic) bond motifs is 1. The monoisotopic (exact) mass is 329 g/mol. The zero-order valence-corrected chi connectivity index (χ0v) is 13.8. The second-order valence-corrected chi connectivity index (χ2v) is 7.33. The highest BCUT2D eigenvalue weighted by atomic mass is 16.4. The molecular formula is C18H23N3O3. The van der Waals surface area contributed by atoms with Crippen molar-refractivity contribution in [1.82, 2.24) is 9.88 Å². The van der Waals surface area contributed by atoms with E-state index in [2.05, 4.69) is 9.88 Å². The number of likely N-dealkylation sites (tertiary alicyclic amines) is 1. The molecule has 0 bridgehead atoms. The fraction of sp³-hybridized carbons (Fsp3) is 0.611. The van der Waals surface area contributed by atoms with Crippen LogP contribution in [-0.4, -0.2) is 53.0 Å². The maximum Gasteiger partial charge on any atom is 0.311 e. The van der Waals surface area contributed by atoms with Crippen molar-refractivity contribution >= 4 is 17.6 Å². The van der Waals surface area contributed by atoms with E-state index in [0.29, 0.717) is 25.2 Å². The molecule has 3 aliphatic rings. The van der Waals surface area contributed by atoms with E-state index in [1.54, 1.807) is 11.1 Å². The van der Waals surface area contributed by atoms with Gasteiger partial charge in [0, 0.05) is 38.1 Å². The molecule has 1 N–H and O–H groups in total. The zero-order valence-electron chi connectivity index (χ0n) is 13.8. The Labute approximate surface area is 141 Å². The van der Waals surface area contributed by atoms with E-state index >= 15 is 0 Å². The van der Waals surface area contributed by atoms with Gasteiger partial charge in [-0.05, 0) is 43.7 Å². The van der Waals surface area contributed by atoms with Gasteiger partial charge in [-0.3, -0.25) is 14.6 Å². The highest BCUT2D eigenvalue weighted by Gasteiger charge is 2.55. The Balaban J connectivity index is 1.54. The normalized spacial score (nSPS) is 29.1. The van der Waals surface area contributed by atoms with E-state index in [4.69, 9.17) is 0 Å². The van der Waals surface area contributed by atoms with Gasteiger partial charge in [-0.1, -0.05) is 6.42 Å². The number of pyridine rings is 1. The number of hydrogen-bond donors (Lipinski definition) is 1. The quantitative estimate of drug-likeness (QED) is 0.918. The number of carboxylic acid groups (broad SMARTS) is 1. The first-order valence-corrected chi connectivity index (χ1v) is 8.84. The molecule has 2 aliphatic heterocycles. The third-order valence-electron chi connectivity index (χ3n) is 6.02. The first kappa shape index (κ1) is 15.4. The fourth-order valence-corrected chi connectivity index (χ4v) is 4.66. The van der Waals surface area contributed by atoms with Crippen LogP contribution < -0.4 is 4.90 Å². The number of carbonyl (C=O) groups excluding carboxylic acids is 1. The molecule has 0 aromatic carbocycles. The predicted octanol–water partition coefficient (Wildman–Crippen LogP) is 2.01. The maximum absolute atomic E-state index is 12.9. The molecule has 3 fully saturated rings. The van der Waals surface area contributed by atoms with Crippen molar-refractivity contribution in [3.8, 4) is 0 Å². The van der Waals surface area contributed by atoms with Crippen molar-refractivity contribution < 1.29 is 14.7 Å². The van der Waals surface area contributed by atoms with Gasteiger partial charge in [0.2, 0.25) is 0 Å². The molecule has 2 saturated heterocycles. The molecule has 128 valence electrons. The molecule has 2 atom stereocenters. The summed E-state index contributed by atoms with van der Waals surface area (Å²) in [5.74, 6) is -0.800. The van der Waals surface area contributed by atoms with Crippen LogP contribution in [0.25, 0.3) is 0 Å². The molecule has 0 unspecified atom stereocenters. The Hall–Kier alpha value is -2.11. The van der Waals surface area contributed by atoms with Gasteiger partial charge in [-0.25, -0.2) is 0 Å². The lowest BCUT2D eigenvalue weighted by Crippen LogP contribution is -2.37. The molecule has 1 aromatic heterocycles. The van der Waals surface area contributed by atoms with Crippen LogP contribution >= 0.6 is 0 Å². The van der Waals surface area contributed by atoms with Crippen LogP contribution in [0.1, 0.15) is 42.6 Å². The summed E-state index contributed by atoms with van der Waals surface area (Å²) in [6.45, 7) is 2.90.